The summed E-state index contributed by atoms with van der Waals surface area (Å²) in [6.07, 6.45) is 0.298. The van der Waals surface area contributed by atoms with E-state index in [1.54, 1.807) is 6.07 Å². The van der Waals surface area contributed by atoms with Crippen LogP contribution in [0.25, 0.3) is 0 Å². The first-order chi connectivity index (χ1) is 11.7. The zero-order chi connectivity index (χ0) is 18.6. The van der Waals surface area contributed by atoms with Crippen molar-refractivity contribution in [1.29, 1.82) is 0 Å². The number of hydrogen-bond acceptors (Lipinski definition) is 7. The SMILES string of the molecule is Cc1cc(C(=O)CCC(=O)OCC(=O)N[C@H]2CCS(=O)(=O)C2)c(C)s1. The molecule has 0 saturated carbocycles. The molecule has 1 aliphatic rings. The molecule has 0 unspecified atom stereocenters. The van der Waals surface area contributed by atoms with Crippen LogP contribution in [0.1, 0.15) is 39.4 Å². The minimum absolute atomic E-state index is 0.0261. The number of rotatable bonds is 7. The van der Waals surface area contributed by atoms with Gasteiger partial charge in [0.15, 0.2) is 22.2 Å². The molecule has 1 aliphatic heterocycles. The molecule has 2 heterocycles. The van der Waals surface area contributed by atoms with Crippen LogP contribution in [0.4, 0.5) is 0 Å². The maximum atomic E-state index is 12.1. The molecule has 138 valence electrons. The number of ether oxygens (including phenoxy) is 1. The zero-order valence-corrected chi connectivity index (χ0v) is 15.8. The molecule has 25 heavy (non-hydrogen) atoms. The number of aryl methyl sites for hydroxylation is 2. The number of thiophene rings is 1. The number of hydrogen-bond donors (Lipinski definition) is 1. The molecule has 0 aromatic carbocycles. The van der Waals surface area contributed by atoms with Gasteiger partial charge in [-0.2, -0.15) is 0 Å². The Bertz CT molecular complexity index is 781. The summed E-state index contributed by atoms with van der Waals surface area (Å²) >= 11 is 1.53. The van der Waals surface area contributed by atoms with Gasteiger partial charge >= 0.3 is 5.97 Å². The van der Waals surface area contributed by atoms with Crippen LogP contribution in [0, 0.1) is 13.8 Å². The summed E-state index contributed by atoms with van der Waals surface area (Å²) in [5.41, 5.74) is 0.621. The first kappa shape index (κ1) is 19.6. The zero-order valence-electron chi connectivity index (χ0n) is 14.2. The van der Waals surface area contributed by atoms with Gasteiger partial charge in [-0.1, -0.05) is 0 Å². The van der Waals surface area contributed by atoms with Crippen molar-refractivity contribution >= 4 is 38.8 Å². The highest BCUT2D eigenvalue weighted by Gasteiger charge is 2.29. The van der Waals surface area contributed by atoms with Crippen LogP contribution >= 0.6 is 11.3 Å². The van der Waals surface area contributed by atoms with Gasteiger partial charge in [0, 0.05) is 27.8 Å². The van der Waals surface area contributed by atoms with Crippen LogP contribution in [0.3, 0.4) is 0 Å². The summed E-state index contributed by atoms with van der Waals surface area (Å²) in [4.78, 5) is 37.4. The second-order valence-electron chi connectivity index (χ2n) is 6.08. The Balaban J connectivity index is 1.69. The number of sulfone groups is 1. The second kappa shape index (κ2) is 8.09. The van der Waals surface area contributed by atoms with Crippen LogP contribution in [0.15, 0.2) is 6.07 Å². The predicted molar refractivity (Wildman–Crippen MR) is 93.5 cm³/mol. The van der Waals surface area contributed by atoms with Gasteiger partial charge < -0.3 is 10.1 Å². The smallest absolute Gasteiger partial charge is 0.306 e. The molecular weight excluding hydrogens is 366 g/mol. The summed E-state index contributed by atoms with van der Waals surface area (Å²) in [7, 11) is -3.08. The molecule has 0 spiro atoms. The topological polar surface area (TPSA) is 107 Å². The van der Waals surface area contributed by atoms with Crippen molar-refractivity contribution in [3.05, 3.63) is 21.4 Å². The van der Waals surface area contributed by atoms with Gasteiger partial charge in [0.2, 0.25) is 0 Å². The molecule has 7 nitrogen and oxygen atoms in total. The number of carbonyl (C=O) groups excluding carboxylic acids is 3. The van der Waals surface area contributed by atoms with Crippen molar-refractivity contribution in [3.63, 3.8) is 0 Å². The number of carbonyl (C=O) groups is 3. The van der Waals surface area contributed by atoms with Crippen LogP contribution in [0.2, 0.25) is 0 Å². The minimum atomic E-state index is -3.08. The van der Waals surface area contributed by atoms with E-state index in [2.05, 4.69) is 5.32 Å². The largest absolute Gasteiger partial charge is 0.456 e. The van der Waals surface area contributed by atoms with Crippen molar-refractivity contribution in [3.8, 4) is 0 Å². The van der Waals surface area contributed by atoms with E-state index < -0.39 is 34.4 Å². The monoisotopic (exact) mass is 387 g/mol. The molecule has 0 bridgehead atoms. The number of nitrogens with one attached hydrogen (secondary N) is 1. The summed E-state index contributed by atoms with van der Waals surface area (Å²) in [6.45, 7) is 3.30. The Morgan fingerprint density at radius 1 is 1.28 bits per heavy atom. The number of Topliss-reactive ketones (excluding diaryl/α,β-unsaturated/α-hetero) is 1. The quantitative estimate of drug-likeness (QED) is 0.556. The molecule has 1 atom stereocenters. The lowest BCUT2D eigenvalue weighted by molar-refractivity contribution is -0.148. The molecule has 1 aromatic heterocycles. The molecule has 1 amide bonds. The van der Waals surface area contributed by atoms with Gasteiger partial charge in [-0.3, -0.25) is 14.4 Å². The first-order valence-corrected chi connectivity index (χ1v) is 10.6. The predicted octanol–water partition coefficient (Wildman–Crippen LogP) is 1.17. The highest BCUT2D eigenvalue weighted by molar-refractivity contribution is 7.91. The molecule has 1 saturated heterocycles. The van der Waals surface area contributed by atoms with Crippen molar-refractivity contribution in [2.75, 3.05) is 18.1 Å². The maximum absolute atomic E-state index is 12.1. The Morgan fingerprint density at radius 2 is 2.00 bits per heavy atom. The van der Waals surface area contributed by atoms with Gasteiger partial charge in [0.25, 0.3) is 5.91 Å². The fourth-order valence-electron chi connectivity index (χ4n) is 2.65. The molecule has 1 fully saturated rings. The Hall–Kier alpha value is -1.74. The number of ketones is 1. The van der Waals surface area contributed by atoms with E-state index >= 15 is 0 Å². The van der Waals surface area contributed by atoms with Crippen molar-refractivity contribution in [2.45, 2.75) is 39.2 Å². The summed E-state index contributed by atoms with van der Waals surface area (Å²) in [6, 6.07) is 1.37. The van der Waals surface area contributed by atoms with Gasteiger partial charge in [0.05, 0.1) is 17.9 Å². The summed E-state index contributed by atoms with van der Waals surface area (Å²) in [5.74, 6) is -1.32. The average molecular weight is 387 g/mol. The molecule has 0 aliphatic carbocycles. The van der Waals surface area contributed by atoms with Crippen molar-refractivity contribution in [2.24, 2.45) is 0 Å². The minimum Gasteiger partial charge on any atom is -0.456 e. The van der Waals surface area contributed by atoms with Gasteiger partial charge in [-0.15, -0.1) is 11.3 Å². The standard InChI is InChI=1S/C16H21NO6S2/c1-10-7-13(11(2)24-10)14(18)3-4-16(20)23-8-15(19)17-12-5-6-25(21,22)9-12/h7,12H,3-6,8-9H2,1-2H3,(H,17,19)/t12-/m0/s1. The van der Waals surface area contributed by atoms with Crippen LogP contribution in [-0.2, 0) is 24.2 Å². The van der Waals surface area contributed by atoms with Gasteiger partial charge in [-0.05, 0) is 26.3 Å². The van der Waals surface area contributed by atoms with E-state index in [1.807, 2.05) is 13.8 Å². The van der Waals surface area contributed by atoms with Crippen LogP contribution in [-0.4, -0.2) is 50.2 Å². The Labute approximate surface area is 150 Å². The van der Waals surface area contributed by atoms with Crippen LogP contribution < -0.4 is 5.32 Å². The fourth-order valence-corrected chi connectivity index (χ4v) is 5.27. The average Bonchev–Trinajstić information content (AvgIpc) is 3.03. The molecular formula is C16H21NO6S2. The van der Waals surface area contributed by atoms with Gasteiger partial charge in [-0.25, -0.2) is 8.42 Å². The Morgan fingerprint density at radius 3 is 2.56 bits per heavy atom. The lowest BCUT2D eigenvalue weighted by Gasteiger charge is -2.10. The third-order valence-electron chi connectivity index (χ3n) is 3.86. The summed E-state index contributed by atoms with van der Waals surface area (Å²) < 4.78 is 27.5. The molecule has 2 rings (SSSR count). The Kier molecular flexibility index (Phi) is 6.34. The van der Waals surface area contributed by atoms with E-state index in [9.17, 15) is 22.8 Å². The van der Waals surface area contributed by atoms with Crippen molar-refractivity contribution < 1.29 is 27.5 Å². The van der Waals surface area contributed by atoms with Crippen LogP contribution in [0.5, 0.6) is 0 Å². The third-order valence-corrected chi connectivity index (χ3v) is 6.59. The lowest BCUT2D eigenvalue weighted by atomic mass is 10.1. The van der Waals surface area contributed by atoms with Gasteiger partial charge in [0.1, 0.15) is 0 Å². The second-order valence-corrected chi connectivity index (χ2v) is 9.77. The first-order valence-electron chi connectivity index (χ1n) is 7.92. The number of esters is 1. The highest BCUT2D eigenvalue weighted by atomic mass is 32.2. The number of amides is 1. The normalized spacial score (nSPS) is 18.7. The van der Waals surface area contributed by atoms with E-state index in [4.69, 9.17) is 4.74 Å². The molecule has 1 aromatic rings. The maximum Gasteiger partial charge on any atom is 0.306 e. The van der Waals surface area contributed by atoms with E-state index in [0.29, 0.717) is 12.0 Å². The highest BCUT2D eigenvalue weighted by Crippen LogP contribution is 2.22. The van der Waals surface area contributed by atoms with E-state index in [-0.39, 0.29) is 30.1 Å². The van der Waals surface area contributed by atoms with E-state index in [1.165, 1.54) is 11.3 Å². The van der Waals surface area contributed by atoms with Crippen molar-refractivity contribution in [1.82, 2.24) is 5.32 Å². The molecule has 1 N–H and O–H groups in total. The molecule has 0 radical (unpaired) electrons. The lowest BCUT2D eigenvalue weighted by Crippen LogP contribution is -2.38. The molecule has 9 heteroatoms. The fraction of sp³-hybridized carbons (Fsp3) is 0.562. The van der Waals surface area contributed by atoms with E-state index in [0.717, 1.165) is 9.75 Å². The third kappa shape index (κ3) is 5.93. The summed E-state index contributed by atoms with van der Waals surface area (Å²) in [5, 5.41) is 2.53.